The van der Waals surface area contributed by atoms with Gasteiger partial charge in [-0.05, 0) is 56.0 Å². The summed E-state index contributed by atoms with van der Waals surface area (Å²) in [5, 5.41) is 14.0. The molecule has 1 aromatic heterocycles. The molecule has 10 heteroatoms. The van der Waals surface area contributed by atoms with Crippen LogP contribution < -0.4 is 5.32 Å². The van der Waals surface area contributed by atoms with Gasteiger partial charge < -0.3 is 9.84 Å². The number of hydrogen-bond acceptors (Lipinski definition) is 5. The van der Waals surface area contributed by atoms with E-state index in [1.54, 1.807) is 23.6 Å². The Hall–Kier alpha value is -2.78. The van der Waals surface area contributed by atoms with Gasteiger partial charge in [0.25, 0.3) is 5.91 Å². The topological polar surface area (TPSA) is 88.5 Å². The standard InChI is InChI=1S/C27H27Cl2FN2O4S/c1-3-4-10-36-11-6-8-17-7-5-9-19(24(17)30)23-15-37-27(31-23)32-25(33)18-13-21(28)20(22(29)14-18)12-16(2)26(34)35/h5,7,9,12-15H,3-4,6,8,10-11H2,1-2H3,(H,34,35)(H,31,32,33)/b16-12+. The average Bonchev–Trinajstić information content (AvgIpc) is 3.32. The molecule has 0 unspecified atom stereocenters. The minimum Gasteiger partial charge on any atom is -0.478 e. The van der Waals surface area contributed by atoms with Gasteiger partial charge >= 0.3 is 5.97 Å². The number of carbonyl (C=O) groups is 2. The summed E-state index contributed by atoms with van der Waals surface area (Å²) in [4.78, 5) is 28.2. The molecule has 0 bridgehead atoms. The lowest BCUT2D eigenvalue weighted by atomic mass is 10.0. The van der Waals surface area contributed by atoms with E-state index in [1.807, 2.05) is 0 Å². The fourth-order valence-corrected chi connectivity index (χ4v) is 4.74. The number of carboxylic acid groups (broad SMARTS) is 1. The van der Waals surface area contributed by atoms with Crippen LogP contribution in [0.15, 0.2) is 41.3 Å². The summed E-state index contributed by atoms with van der Waals surface area (Å²) in [5.41, 5.74) is 1.89. The first kappa shape index (κ1) is 28.8. The van der Waals surface area contributed by atoms with Crippen LogP contribution in [0.25, 0.3) is 17.3 Å². The van der Waals surface area contributed by atoms with Crippen LogP contribution in [0, 0.1) is 5.82 Å². The molecule has 0 radical (unpaired) electrons. The summed E-state index contributed by atoms with van der Waals surface area (Å²) in [6, 6.07) is 7.99. The van der Waals surface area contributed by atoms with Crippen molar-refractivity contribution in [2.75, 3.05) is 18.5 Å². The van der Waals surface area contributed by atoms with Crippen molar-refractivity contribution >= 4 is 57.6 Å². The number of aromatic nitrogens is 1. The van der Waals surface area contributed by atoms with E-state index in [2.05, 4.69) is 17.2 Å². The molecule has 0 fully saturated rings. The number of nitrogens with one attached hydrogen (secondary N) is 1. The molecule has 1 amide bonds. The number of nitrogens with zero attached hydrogens (tertiary/aromatic N) is 1. The van der Waals surface area contributed by atoms with E-state index < -0.39 is 11.9 Å². The van der Waals surface area contributed by atoms with Crippen molar-refractivity contribution < 1.29 is 23.8 Å². The van der Waals surface area contributed by atoms with Crippen LogP contribution in [0.3, 0.4) is 0 Å². The minimum atomic E-state index is -1.10. The lowest BCUT2D eigenvalue weighted by Crippen LogP contribution is -2.12. The molecule has 6 nitrogen and oxygen atoms in total. The molecule has 3 rings (SSSR count). The van der Waals surface area contributed by atoms with Gasteiger partial charge in [-0.3, -0.25) is 10.1 Å². The normalized spacial score (nSPS) is 11.5. The maximum atomic E-state index is 15.2. The highest BCUT2D eigenvalue weighted by Gasteiger charge is 2.17. The fourth-order valence-electron chi connectivity index (χ4n) is 3.44. The van der Waals surface area contributed by atoms with E-state index in [0.29, 0.717) is 35.4 Å². The van der Waals surface area contributed by atoms with Crippen molar-refractivity contribution in [3.63, 3.8) is 0 Å². The fraction of sp³-hybridized carbons (Fsp3) is 0.296. The second kappa shape index (κ2) is 13.7. The Labute approximate surface area is 229 Å². The van der Waals surface area contributed by atoms with Crippen LogP contribution in [0.4, 0.5) is 9.52 Å². The van der Waals surface area contributed by atoms with Gasteiger partial charge in [0.15, 0.2) is 5.13 Å². The number of ether oxygens (including phenoxy) is 1. The monoisotopic (exact) mass is 564 g/mol. The molecule has 0 spiro atoms. The molecular formula is C27H27Cl2FN2O4S. The summed E-state index contributed by atoms with van der Waals surface area (Å²) >= 11 is 13.7. The first-order valence-corrected chi connectivity index (χ1v) is 13.4. The molecule has 37 heavy (non-hydrogen) atoms. The Balaban J connectivity index is 1.70. The number of carboxylic acids is 1. The number of aryl methyl sites for hydroxylation is 1. The first-order valence-electron chi connectivity index (χ1n) is 11.7. The van der Waals surface area contributed by atoms with Crippen LogP contribution in [0.5, 0.6) is 0 Å². The number of hydrogen-bond donors (Lipinski definition) is 2. The molecule has 0 aliphatic carbocycles. The molecule has 0 aliphatic rings. The quantitative estimate of drug-likeness (QED) is 0.173. The Morgan fingerprint density at radius 1 is 1.19 bits per heavy atom. The maximum Gasteiger partial charge on any atom is 0.331 e. The van der Waals surface area contributed by atoms with E-state index in [1.165, 1.54) is 25.1 Å². The number of amides is 1. The summed E-state index contributed by atoms with van der Waals surface area (Å²) in [7, 11) is 0. The Bertz CT molecular complexity index is 1290. The van der Waals surface area contributed by atoms with E-state index >= 15 is 4.39 Å². The zero-order chi connectivity index (χ0) is 26.9. The Kier molecular flexibility index (Phi) is 10.6. The Morgan fingerprint density at radius 3 is 2.57 bits per heavy atom. The van der Waals surface area contributed by atoms with Gasteiger partial charge in [-0.1, -0.05) is 48.7 Å². The molecular weight excluding hydrogens is 538 g/mol. The van der Waals surface area contributed by atoms with Gasteiger partial charge in [0.1, 0.15) is 5.82 Å². The second-order valence-corrected chi connectivity index (χ2v) is 10.00. The smallest absolute Gasteiger partial charge is 0.331 e. The summed E-state index contributed by atoms with van der Waals surface area (Å²) in [6.45, 7) is 4.82. The van der Waals surface area contributed by atoms with Crippen LogP contribution >= 0.6 is 34.5 Å². The minimum absolute atomic E-state index is 0.0490. The molecule has 0 atom stereocenters. The van der Waals surface area contributed by atoms with Gasteiger partial charge in [0.05, 0.1) is 15.7 Å². The highest BCUT2D eigenvalue weighted by molar-refractivity contribution is 7.14. The van der Waals surface area contributed by atoms with Crippen molar-refractivity contribution in [3.8, 4) is 11.3 Å². The van der Waals surface area contributed by atoms with E-state index in [0.717, 1.165) is 37.2 Å². The predicted octanol–water partition coefficient (Wildman–Crippen LogP) is 7.75. The first-order chi connectivity index (χ1) is 17.7. The number of unbranched alkanes of at least 4 members (excludes halogenated alkanes) is 1. The van der Waals surface area contributed by atoms with Crippen LogP contribution in [0.1, 0.15) is 54.6 Å². The summed E-state index contributed by atoms with van der Waals surface area (Å²) in [6.07, 6.45) is 4.70. The lowest BCUT2D eigenvalue weighted by molar-refractivity contribution is -0.132. The molecule has 3 aromatic rings. The second-order valence-electron chi connectivity index (χ2n) is 8.33. The zero-order valence-electron chi connectivity index (χ0n) is 20.4. The van der Waals surface area contributed by atoms with Crippen LogP contribution in [0.2, 0.25) is 10.0 Å². The third kappa shape index (κ3) is 7.85. The van der Waals surface area contributed by atoms with Crippen molar-refractivity contribution in [2.24, 2.45) is 0 Å². The highest BCUT2D eigenvalue weighted by atomic mass is 35.5. The number of carbonyl (C=O) groups excluding carboxylic acids is 1. The van der Waals surface area contributed by atoms with Crippen molar-refractivity contribution in [1.82, 2.24) is 4.98 Å². The number of thiazole rings is 1. The van der Waals surface area contributed by atoms with Crippen molar-refractivity contribution in [2.45, 2.75) is 39.5 Å². The molecule has 2 aromatic carbocycles. The number of rotatable bonds is 12. The summed E-state index contributed by atoms with van der Waals surface area (Å²) in [5.74, 6) is -1.95. The molecule has 0 saturated carbocycles. The molecule has 0 saturated heterocycles. The van der Waals surface area contributed by atoms with E-state index in [-0.39, 0.29) is 32.1 Å². The number of anilines is 1. The molecule has 0 aliphatic heterocycles. The molecule has 2 N–H and O–H groups in total. The average molecular weight is 565 g/mol. The zero-order valence-corrected chi connectivity index (χ0v) is 22.8. The van der Waals surface area contributed by atoms with Gasteiger partial charge in [0.2, 0.25) is 0 Å². The third-order valence-electron chi connectivity index (χ3n) is 5.50. The van der Waals surface area contributed by atoms with E-state index in [4.69, 9.17) is 33.0 Å². The predicted molar refractivity (Wildman–Crippen MR) is 147 cm³/mol. The molecule has 1 heterocycles. The molecule has 196 valence electrons. The van der Waals surface area contributed by atoms with Crippen molar-refractivity contribution in [1.29, 1.82) is 0 Å². The van der Waals surface area contributed by atoms with Gasteiger partial charge in [-0.15, -0.1) is 11.3 Å². The third-order valence-corrected chi connectivity index (χ3v) is 6.88. The van der Waals surface area contributed by atoms with E-state index in [9.17, 15) is 9.59 Å². The highest BCUT2D eigenvalue weighted by Crippen LogP contribution is 2.31. The van der Waals surface area contributed by atoms with Crippen LogP contribution in [-0.2, 0) is 16.0 Å². The SMILES string of the molecule is CCCCOCCCc1cccc(-c2csc(NC(=O)c3cc(Cl)c(/C=C(\C)C(=O)O)c(Cl)c3)n2)c1F. The number of aliphatic carboxylic acids is 1. The van der Waals surface area contributed by atoms with Gasteiger partial charge in [-0.2, -0.15) is 0 Å². The number of benzene rings is 2. The summed E-state index contributed by atoms with van der Waals surface area (Å²) < 4.78 is 20.7. The number of halogens is 3. The Morgan fingerprint density at radius 2 is 1.89 bits per heavy atom. The maximum absolute atomic E-state index is 15.2. The van der Waals surface area contributed by atoms with Gasteiger partial charge in [0, 0.05) is 40.9 Å². The lowest BCUT2D eigenvalue weighted by Gasteiger charge is -2.08. The largest absolute Gasteiger partial charge is 0.478 e. The van der Waals surface area contributed by atoms with Crippen molar-refractivity contribution in [3.05, 3.63) is 73.8 Å². The van der Waals surface area contributed by atoms with Crippen LogP contribution in [-0.4, -0.2) is 35.2 Å². The van der Waals surface area contributed by atoms with Gasteiger partial charge in [-0.25, -0.2) is 14.2 Å².